The van der Waals surface area contributed by atoms with Gasteiger partial charge in [-0.1, -0.05) is 37.5 Å². The molecule has 1 aromatic rings. The van der Waals surface area contributed by atoms with Crippen LogP contribution in [0, 0.1) is 5.92 Å². The Morgan fingerprint density at radius 1 is 1.17 bits per heavy atom. The number of nitrogens with zero attached hydrogens (tertiary/aromatic N) is 1. The largest absolute Gasteiger partial charge is 0.331 e. The van der Waals surface area contributed by atoms with Gasteiger partial charge in [0, 0.05) is 18.2 Å². The second kappa shape index (κ2) is 4.75. The number of fused-ring (bicyclic) bond motifs is 1. The lowest BCUT2D eigenvalue weighted by Gasteiger charge is -2.34. The molecule has 3 rings (SSSR count). The molecule has 18 heavy (non-hydrogen) atoms. The topological polar surface area (TPSA) is 20.3 Å². The van der Waals surface area contributed by atoms with E-state index in [-0.39, 0.29) is 5.91 Å². The van der Waals surface area contributed by atoms with Crippen LogP contribution in [0.25, 0.3) is 0 Å². The maximum Gasteiger partial charge on any atom is 0.254 e. The maximum atomic E-state index is 12.4. The van der Waals surface area contributed by atoms with Gasteiger partial charge in [-0.2, -0.15) is 0 Å². The van der Waals surface area contributed by atoms with E-state index in [9.17, 15) is 4.79 Å². The summed E-state index contributed by atoms with van der Waals surface area (Å²) in [4.78, 5) is 14.5. The highest BCUT2D eigenvalue weighted by Gasteiger charge is 2.34. The first-order chi connectivity index (χ1) is 8.77. The lowest BCUT2D eigenvalue weighted by molar-refractivity contribution is 0.0623. The van der Waals surface area contributed by atoms with Gasteiger partial charge in [-0.15, -0.1) is 0 Å². The number of rotatable bonds is 2. The Hall–Kier alpha value is -1.31. The molecule has 0 unspecified atom stereocenters. The summed E-state index contributed by atoms with van der Waals surface area (Å²) in [6.07, 6.45) is 6.63. The minimum absolute atomic E-state index is 0.240. The van der Waals surface area contributed by atoms with Gasteiger partial charge in [0.25, 0.3) is 5.91 Å². The molecule has 0 spiro atoms. The highest BCUT2D eigenvalue weighted by atomic mass is 16.2. The molecule has 2 aliphatic rings. The van der Waals surface area contributed by atoms with Crippen molar-refractivity contribution in [2.24, 2.45) is 5.92 Å². The lowest BCUT2D eigenvalue weighted by Crippen LogP contribution is -2.39. The fourth-order valence-corrected chi connectivity index (χ4v) is 3.48. The molecular formula is C16H21NO. The normalized spacial score (nSPS) is 22.1. The van der Waals surface area contributed by atoms with Crippen LogP contribution in [-0.4, -0.2) is 16.8 Å². The fraction of sp³-hybridized carbons (Fsp3) is 0.562. The van der Waals surface area contributed by atoms with E-state index in [2.05, 4.69) is 17.9 Å². The van der Waals surface area contributed by atoms with Crippen molar-refractivity contribution in [1.82, 2.24) is 4.90 Å². The van der Waals surface area contributed by atoms with Gasteiger partial charge in [-0.3, -0.25) is 4.79 Å². The Kier molecular flexibility index (Phi) is 3.11. The standard InChI is InChI=1S/C16H21NO/c1-12(13-7-3-2-4-8-13)17-11-14-9-5-6-10-15(14)16(17)18/h5-6,9-10,12-13H,2-4,7-8,11H2,1H3/t12-/m0/s1. The van der Waals surface area contributed by atoms with Crippen molar-refractivity contribution in [3.05, 3.63) is 35.4 Å². The van der Waals surface area contributed by atoms with Crippen molar-refractivity contribution < 1.29 is 4.79 Å². The van der Waals surface area contributed by atoms with Crippen LogP contribution in [0.1, 0.15) is 54.9 Å². The summed E-state index contributed by atoms with van der Waals surface area (Å²) in [6.45, 7) is 3.05. The van der Waals surface area contributed by atoms with E-state index >= 15 is 0 Å². The first-order valence-corrected chi connectivity index (χ1v) is 7.16. The highest BCUT2D eigenvalue weighted by Crippen LogP contribution is 2.33. The molecule has 0 bridgehead atoms. The Morgan fingerprint density at radius 3 is 2.61 bits per heavy atom. The van der Waals surface area contributed by atoms with E-state index in [0.717, 1.165) is 12.1 Å². The van der Waals surface area contributed by atoms with Gasteiger partial charge in [0.05, 0.1) is 0 Å². The maximum absolute atomic E-state index is 12.4. The zero-order valence-corrected chi connectivity index (χ0v) is 11.1. The highest BCUT2D eigenvalue weighted by molar-refractivity contribution is 5.98. The van der Waals surface area contributed by atoms with E-state index in [1.54, 1.807) is 0 Å². The molecule has 1 amide bonds. The predicted molar refractivity (Wildman–Crippen MR) is 72.4 cm³/mol. The summed E-state index contributed by atoms with van der Waals surface area (Å²) in [5.41, 5.74) is 2.12. The van der Waals surface area contributed by atoms with Crippen LogP contribution >= 0.6 is 0 Å². The summed E-state index contributed by atoms with van der Waals surface area (Å²) in [5, 5.41) is 0. The second-order valence-corrected chi connectivity index (χ2v) is 5.73. The predicted octanol–water partition coefficient (Wildman–Crippen LogP) is 3.61. The number of hydrogen-bond acceptors (Lipinski definition) is 1. The first kappa shape index (κ1) is 11.8. The van der Waals surface area contributed by atoms with Gasteiger partial charge in [0.1, 0.15) is 0 Å². The molecule has 1 aromatic carbocycles. The van der Waals surface area contributed by atoms with Gasteiger partial charge in [0.2, 0.25) is 0 Å². The minimum Gasteiger partial charge on any atom is -0.331 e. The molecule has 1 heterocycles. The summed E-state index contributed by atoms with van der Waals surface area (Å²) in [6, 6.07) is 8.43. The van der Waals surface area contributed by atoms with Crippen molar-refractivity contribution in [1.29, 1.82) is 0 Å². The molecule has 0 aromatic heterocycles. The molecule has 1 saturated carbocycles. The minimum atomic E-state index is 0.240. The fourth-order valence-electron chi connectivity index (χ4n) is 3.48. The molecule has 0 N–H and O–H groups in total. The molecule has 1 aliphatic heterocycles. The van der Waals surface area contributed by atoms with E-state index in [4.69, 9.17) is 0 Å². The lowest BCUT2D eigenvalue weighted by atomic mass is 9.84. The Labute approximate surface area is 109 Å². The third-order valence-corrected chi connectivity index (χ3v) is 4.67. The molecule has 1 atom stereocenters. The van der Waals surface area contributed by atoms with Crippen LogP contribution in [0.3, 0.4) is 0 Å². The average molecular weight is 243 g/mol. The summed E-state index contributed by atoms with van der Waals surface area (Å²) in [5.74, 6) is 0.945. The van der Waals surface area contributed by atoms with Crippen molar-refractivity contribution in [2.75, 3.05) is 0 Å². The van der Waals surface area contributed by atoms with Gasteiger partial charge in [-0.25, -0.2) is 0 Å². The Balaban J connectivity index is 1.77. The van der Waals surface area contributed by atoms with Crippen LogP contribution in [0.4, 0.5) is 0 Å². The monoisotopic (exact) mass is 243 g/mol. The second-order valence-electron chi connectivity index (χ2n) is 5.73. The number of benzene rings is 1. The molecule has 0 saturated heterocycles. The summed E-state index contributed by atoms with van der Waals surface area (Å²) < 4.78 is 0. The molecule has 96 valence electrons. The Morgan fingerprint density at radius 2 is 1.89 bits per heavy atom. The SMILES string of the molecule is C[C@@H](C1CCCCC1)N1Cc2ccccc2C1=O. The van der Waals surface area contributed by atoms with Gasteiger partial charge < -0.3 is 4.90 Å². The molecule has 2 nitrogen and oxygen atoms in total. The van der Waals surface area contributed by atoms with Crippen molar-refractivity contribution in [3.63, 3.8) is 0 Å². The van der Waals surface area contributed by atoms with E-state index in [0.29, 0.717) is 12.0 Å². The summed E-state index contributed by atoms with van der Waals surface area (Å²) >= 11 is 0. The van der Waals surface area contributed by atoms with Gasteiger partial charge in [0.15, 0.2) is 0 Å². The van der Waals surface area contributed by atoms with Gasteiger partial charge in [-0.05, 0) is 37.3 Å². The first-order valence-electron chi connectivity index (χ1n) is 7.16. The third-order valence-electron chi connectivity index (χ3n) is 4.67. The number of carbonyl (C=O) groups is 1. The van der Waals surface area contributed by atoms with Crippen molar-refractivity contribution in [2.45, 2.75) is 51.6 Å². The van der Waals surface area contributed by atoms with Crippen molar-refractivity contribution >= 4 is 5.91 Å². The number of amides is 1. The average Bonchev–Trinajstić information content (AvgIpc) is 2.77. The summed E-state index contributed by atoms with van der Waals surface area (Å²) in [7, 11) is 0. The van der Waals surface area contributed by atoms with Crippen LogP contribution in [-0.2, 0) is 6.54 Å². The molecule has 1 fully saturated rings. The van der Waals surface area contributed by atoms with E-state index in [1.807, 2.05) is 18.2 Å². The zero-order chi connectivity index (χ0) is 12.5. The van der Waals surface area contributed by atoms with E-state index in [1.165, 1.54) is 37.7 Å². The number of carbonyl (C=O) groups excluding carboxylic acids is 1. The van der Waals surface area contributed by atoms with Crippen LogP contribution < -0.4 is 0 Å². The van der Waals surface area contributed by atoms with Gasteiger partial charge >= 0.3 is 0 Å². The van der Waals surface area contributed by atoms with Crippen LogP contribution in [0.5, 0.6) is 0 Å². The third kappa shape index (κ3) is 1.94. The number of hydrogen-bond donors (Lipinski definition) is 0. The zero-order valence-electron chi connectivity index (χ0n) is 11.1. The van der Waals surface area contributed by atoms with E-state index < -0.39 is 0 Å². The smallest absolute Gasteiger partial charge is 0.254 e. The molecule has 0 radical (unpaired) electrons. The Bertz CT molecular complexity index is 448. The quantitative estimate of drug-likeness (QED) is 0.777. The molecular weight excluding hydrogens is 222 g/mol. The van der Waals surface area contributed by atoms with Crippen molar-refractivity contribution in [3.8, 4) is 0 Å². The van der Waals surface area contributed by atoms with Crippen LogP contribution in [0.15, 0.2) is 24.3 Å². The molecule has 1 aliphatic carbocycles. The van der Waals surface area contributed by atoms with Crippen LogP contribution in [0.2, 0.25) is 0 Å². The molecule has 2 heteroatoms.